The number of nitrogens with zero attached hydrogens (tertiary/aromatic N) is 3. The van der Waals surface area contributed by atoms with Crippen molar-refractivity contribution in [3.05, 3.63) is 66.0 Å². The summed E-state index contributed by atoms with van der Waals surface area (Å²) >= 11 is 1.47. The molecule has 1 amide bonds. The van der Waals surface area contributed by atoms with Crippen molar-refractivity contribution in [2.45, 2.75) is 18.0 Å². The molecule has 30 heavy (non-hydrogen) atoms. The van der Waals surface area contributed by atoms with Gasteiger partial charge in [0.2, 0.25) is 5.91 Å². The maximum Gasteiger partial charge on any atom is 0.230 e. The number of rotatable bonds is 8. The summed E-state index contributed by atoms with van der Waals surface area (Å²) in [5, 5.41) is 4.86. The fourth-order valence-electron chi connectivity index (χ4n) is 3.41. The van der Waals surface area contributed by atoms with Gasteiger partial charge >= 0.3 is 0 Å². The molecule has 7 heteroatoms. The second kappa shape index (κ2) is 10.5. The lowest BCUT2D eigenvalue weighted by molar-refractivity contribution is -0.118. The van der Waals surface area contributed by atoms with Crippen LogP contribution >= 0.6 is 11.8 Å². The lowest BCUT2D eigenvalue weighted by atomic mass is 10.1. The van der Waals surface area contributed by atoms with E-state index >= 15 is 0 Å². The topological polar surface area (TPSA) is 67.4 Å². The molecule has 0 unspecified atom stereocenters. The zero-order chi connectivity index (χ0) is 20.6. The van der Waals surface area contributed by atoms with E-state index in [0.717, 1.165) is 54.5 Å². The quantitative estimate of drug-likeness (QED) is 0.445. The third-order valence-corrected chi connectivity index (χ3v) is 5.99. The van der Waals surface area contributed by atoms with E-state index in [2.05, 4.69) is 22.3 Å². The standard InChI is InChI=1S/C23H26N4O2S/c28-22(24-11-10-18-6-2-1-3-7-18)17-30-23-19-8-4-5-9-20(19)25-21(26-23)16-27-12-14-29-15-13-27/h1-9H,10-17H2,(H,24,28). The first-order valence-electron chi connectivity index (χ1n) is 10.3. The molecule has 1 fully saturated rings. The highest BCUT2D eigenvalue weighted by Gasteiger charge is 2.15. The van der Waals surface area contributed by atoms with Gasteiger partial charge in [0, 0.05) is 25.0 Å². The number of para-hydroxylation sites is 1. The van der Waals surface area contributed by atoms with E-state index in [1.807, 2.05) is 42.5 Å². The van der Waals surface area contributed by atoms with Crippen LogP contribution in [0.2, 0.25) is 0 Å². The first-order valence-corrected chi connectivity index (χ1v) is 11.3. The van der Waals surface area contributed by atoms with Crippen LogP contribution in [-0.4, -0.2) is 59.4 Å². The third kappa shape index (κ3) is 5.78. The maximum atomic E-state index is 12.3. The summed E-state index contributed by atoms with van der Waals surface area (Å²) in [7, 11) is 0. The van der Waals surface area contributed by atoms with Gasteiger partial charge in [-0.05, 0) is 18.1 Å². The summed E-state index contributed by atoms with van der Waals surface area (Å²) in [6.45, 7) is 4.61. The van der Waals surface area contributed by atoms with Crippen LogP contribution in [0.1, 0.15) is 11.4 Å². The Bertz CT molecular complexity index is 977. The van der Waals surface area contributed by atoms with Gasteiger partial charge in [-0.1, -0.05) is 60.3 Å². The molecule has 1 N–H and O–H groups in total. The van der Waals surface area contributed by atoms with E-state index in [1.165, 1.54) is 17.3 Å². The van der Waals surface area contributed by atoms with Gasteiger partial charge in [-0.15, -0.1) is 0 Å². The first-order chi connectivity index (χ1) is 14.8. The highest BCUT2D eigenvalue weighted by Crippen LogP contribution is 2.25. The van der Waals surface area contributed by atoms with Crippen molar-refractivity contribution in [1.82, 2.24) is 20.2 Å². The van der Waals surface area contributed by atoms with E-state index < -0.39 is 0 Å². The second-order valence-corrected chi connectivity index (χ2v) is 8.19. The van der Waals surface area contributed by atoms with Crippen molar-refractivity contribution in [2.24, 2.45) is 0 Å². The van der Waals surface area contributed by atoms with Crippen molar-refractivity contribution in [3.63, 3.8) is 0 Å². The monoisotopic (exact) mass is 422 g/mol. The Morgan fingerprint density at radius 2 is 1.80 bits per heavy atom. The SMILES string of the molecule is O=C(CSc1nc(CN2CCOCC2)nc2ccccc12)NCCc1ccccc1. The number of aromatic nitrogens is 2. The van der Waals surface area contributed by atoms with Gasteiger partial charge in [0.1, 0.15) is 10.9 Å². The number of hydrogen-bond acceptors (Lipinski definition) is 6. The minimum absolute atomic E-state index is 0.0216. The Kier molecular flexibility index (Phi) is 7.29. The molecule has 0 aliphatic carbocycles. The number of carbonyl (C=O) groups excluding carboxylic acids is 1. The normalized spacial score (nSPS) is 14.7. The zero-order valence-corrected chi connectivity index (χ0v) is 17.7. The van der Waals surface area contributed by atoms with Crippen LogP contribution in [0, 0.1) is 0 Å². The Morgan fingerprint density at radius 3 is 2.63 bits per heavy atom. The predicted molar refractivity (Wildman–Crippen MR) is 120 cm³/mol. The van der Waals surface area contributed by atoms with Crippen molar-refractivity contribution in [3.8, 4) is 0 Å². The molecule has 0 saturated carbocycles. The van der Waals surface area contributed by atoms with Crippen LogP contribution in [0.4, 0.5) is 0 Å². The van der Waals surface area contributed by atoms with E-state index in [0.29, 0.717) is 18.8 Å². The van der Waals surface area contributed by atoms with Gasteiger partial charge in [-0.3, -0.25) is 9.69 Å². The number of hydrogen-bond donors (Lipinski definition) is 1. The molecular formula is C23H26N4O2S. The minimum Gasteiger partial charge on any atom is -0.379 e. The molecule has 2 heterocycles. The van der Waals surface area contributed by atoms with Crippen LogP contribution in [-0.2, 0) is 22.5 Å². The fraction of sp³-hybridized carbons (Fsp3) is 0.348. The van der Waals surface area contributed by atoms with Crippen LogP contribution in [0.25, 0.3) is 10.9 Å². The molecule has 1 saturated heterocycles. The second-order valence-electron chi connectivity index (χ2n) is 7.22. The summed E-state index contributed by atoms with van der Waals surface area (Å²) in [5.41, 5.74) is 2.14. The number of morpholine rings is 1. The molecule has 1 aromatic heterocycles. The molecule has 6 nitrogen and oxygen atoms in total. The lowest BCUT2D eigenvalue weighted by Crippen LogP contribution is -2.36. The van der Waals surface area contributed by atoms with E-state index in [9.17, 15) is 4.79 Å². The number of nitrogens with one attached hydrogen (secondary N) is 1. The molecular weight excluding hydrogens is 396 g/mol. The minimum atomic E-state index is 0.0216. The molecule has 1 aliphatic rings. The van der Waals surface area contributed by atoms with E-state index in [-0.39, 0.29) is 5.91 Å². The lowest BCUT2D eigenvalue weighted by Gasteiger charge is -2.25. The van der Waals surface area contributed by atoms with Gasteiger partial charge in [0.15, 0.2) is 0 Å². The number of benzene rings is 2. The largest absolute Gasteiger partial charge is 0.379 e. The van der Waals surface area contributed by atoms with Crippen LogP contribution in [0.5, 0.6) is 0 Å². The van der Waals surface area contributed by atoms with Crippen molar-refractivity contribution < 1.29 is 9.53 Å². The highest BCUT2D eigenvalue weighted by molar-refractivity contribution is 8.00. The summed E-state index contributed by atoms with van der Waals surface area (Å²) in [6.07, 6.45) is 0.831. The molecule has 156 valence electrons. The van der Waals surface area contributed by atoms with Gasteiger partial charge in [0.05, 0.1) is 31.0 Å². The van der Waals surface area contributed by atoms with E-state index in [4.69, 9.17) is 14.7 Å². The van der Waals surface area contributed by atoms with Crippen molar-refractivity contribution in [2.75, 3.05) is 38.6 Å². The molecule has 3 aromatic rings. The van der Waals surface area contributed by atoms with Gasteiger partial charge in [-0.25, -0.2) is 9.97 Å². The van der Waals surface area contributed by atoms with Crippen molar-refractivity contribution in [1.29, 1.82) is 0 Å². The van der Waals surface area contributed by atoms with Gasteiger partial charge in [-0.2, -0.15) is 0 Å². The Balaban J connectivity index is 1.37. The summed E-state index contributed by atoms with van der Waals surface area (Å²) < 4.78 is 5.43. The summed E-state index contributed by atoms with van der Waals surface area (Å²) in [6, 6.07) is 18.2. The summed E-state index contributed by atoms with van der Waals surface area (Å²) in [5.74, 6) is 1.16. The third-order valence-electron chi connectivity index (χ3n) is 5.00. The van der Waals surface area contributed by atoms with Gasteiger partial charge < -0.3 is 10.1 Å². The average molecular weight is 423 g/mol. The summed E-state index contributed by atoms with van der Waals surface area (Å²) in [4.78, 5) is 24.2. The first kappa shape index (κ1) is 20.8. The van der Waals surface area contributed by atoms with E-state index in [1.54, 1.807) is 0 Å². The Hall–Kier alpha value is -2.48. The van der Waals surface area contributed by atoms with Crippen LogP contribution in [0.3, 0.4) is 0 Å². The Morgan fingerprint density at radius 1 is 1.03 bits per heavy atom. The predicted octanol–water partition coefficient (Wildman–Crippen LogP) is 2.91. The van der Waals surface area contributed by atoms with Crippen LogP contribution < -0.4 is 5.32 Å². The molecule has 0 atom stereocenters. The van der Waals surface area contributed by atoms with Crippen molar-refractivity contribution >= 4 is 28.6 Å². The number of fused-ring (bicyclic) bond motifs is 1. The molecule has 0 radical (unpaired) electrons. The number of ether oxygens (including phenoxy) is 1. The Labute approximate surface area is 181 Å². The highest BCUT2D eigenvalue weighted by atomic mass is 32.2. The average Bonchev–Trinajstić information content (AvgIpc) is 2.79. The maximum absolute atomic E-state index is 12.3. The fourth-order valence-corrected chi connectivity index (χ4v) is 4.28. The molecule has 0 bridgehead atoms. The number of amides is 1. The zero-order valence-electron chi connectivity index (χ0n) is 16.9. The molecule has 4 rings (SSSR count). The molecule has 2 aromatic carbocycles. The molecule has 0 spiro atoms. The number of carbonyl (C=O) groups is 1. The van der Waals surface area contributed by atoms with Crippen LogP contribution in [0.15, 0.2) is 59.6 Å². The molecule has 1 aliphatic heterocycles. The van der Waals surface area contributed by atoms with Gasteiger partial charge in [0.25, 0.3) is 0 Å². The smallest absolute Gasteiger partial charge is 0.230 e. The number of thioether (sulfide) groups is 1.